The molecule has 5 aromatic rings. The van der Waals surface area contributed by atoms with Crippen molar-refractivity contribution >= 4 is 21.5 Å². The van der Waals surface area contributed by atoms with Crippen molar-refractivity contribution in [1.29, 1.82) is 0 Å². The highest BCUT2D eigenvalue weighted by atomic mass is 16.7. The second-order valence-corrected chi connectivity index (χ2v) is 7.30. The molecule has 5 aromatic carbocycles. The van der Waals surface area contributed by atoms with Crippen molar-refractivity contribution in [2.24, 2.45) is 0 Å². The van der Waals surface area contributed by atoms with Gasteiger partial charge >= 0.3 is 5.79 Å². The van der Waals surface area contributed by atoms with Crippen LogP contribution in [0.3, 0.4) is 0 Å². The highest BCUT2D eigenvalue weighted by molar-refractivity contribution is 6.14. The zero-order valence-corrected chi connectivity index (χ0v) is 15.7. The summed E-state index contributed by atoms with van der Waals surface area (Å²) in [5, 5.41) is 4.47. The minimum Gasteiger partial charge on any atom is -0.440 e. The second kappa shape index (κ2) is 6.11. The Morgan fingerprint density at radius 2 is 0.724 bits per heavy atom. The molecule has 1 aliphatic rings. The lowest BCUT2D eigenvalue weighted by Gasteiger charge is -2.28. The molecule has 1 heterocycles. The van der Waals surface area contributed by atoms with Crippen LogP contribution in [0.4, 0.5) is 0 Å². The van der Waals surface area contributed by atoms with Crippen molar-refractivity contribution in [3.63, 3.8) is 0 Å². The molecule has 138 valence electrons. The van der Waals surface area contributed by atoms with E-state index in [0.717, 1.165) is 33.4 Å². The maximum atomic E-state index is 6.77. The van der Waals surface area contributed by atoms with Crippen molar-refractivity contribution in [2.45, 2.75) is 5.79 Å². The molecule has 0 fully saturated rings. The Hall–Kier alpha value is -3.78. The molecule has 2 heteroatoms. The van der Waals surface area contributed by atoms with Gasteiger partial charge in [0.05, 0.1) is 0 Å². The highest BCUT2D eigenvalue weighted by Gasteiger charge is 2.46. The van der Waals surface area contributed by atoms with Crippen LogP contribution in [-0.2, 0) is 5.79 Å². The molecule has 0 aromatic heterocycles. The standard InChI is InChI=1S/C27H18O2/c1-3-11-19(12-4-1)27(20-13-5-2-6-14-20)28-25-23-17-9-7-15-21(23)22-16-8-10-18-24(22)26(25)29-27/h1-18H. The summed E-state index contributed by atoms with van der Waals surface area (Å²) < 4.78 is 13.5. The van der Waals surface area contributed by atoms with Gasteiger partial charge in [0.25, 0.3) is 0 Å². The fraction of sp³-hybridized carbons (Fsp3) is 0.0370. The van der Waals surface area contributed by atoms with E-state index in [1.54, 1.807) is 0 Å². The summed E-state index contributed by atoms with van der Waals surface area (Å²) in [5.74, 6) is 0.580. The molecule has 0 bridgehead atoms. The normalized spacial score (nSPS) is 14.3. The Morgan fingerprint density at radius 3 is 1.14 bits per heavy atom. The van der Waals surface area contributed by atoms with E-state index in [-0.39, 0.29) is 0 Å². The van der Waals surface area contributed by atoms with Gasteiger partial charge in [0.2, 0.25) is 0 Å². The summed E-state index contributed by atoms with van der Waals surface area (Å²) in [7, 11) is 0. The minimum absolute atomic E-state index is 0.798. The first-order valence-electron chi connectivity index (χ1n) is 9.79. The quantitative estimate of drug-likeness (QED) is 0.321. The van der Waals surface area contributed by atoms with Gasteiger partial charge in [0, 0.05) is 21.9 Å². The van der Waals surface area contributed by atoms with Crippen LogP contribution in [-0.4, -0.2) is 0 Å². The Bertz CT molecular complexity index is 1230. The molecule has 0 saturated carbocycles. The second-order valence-electron chi connectivity index (χ2n) is 7.30. The van der Waals surface area contributed by atoms with Crippen LogP contribution in [0.5, 0.6) is 11.5 Å². The first-order chi connectivity index (χ1) is 14.4. The van der Waals surface area contributed by atoms with Crippen molar-refractivity contribution in [3.8, 4) is 11.5 Å². The van der Waals surface area contributed by atoms with Crippen LogP contribution in [0.1, 0.15) is 11.1 Å². The molecule has 0 radical (unpaired) electrons. The molecule has 29 heavy (non-hydrogen) atoms. The van der Waals surface area contributed by atoms with Crippen LogP contribution < -0.4 is 9.47 Å². The maximum Gasteiger partial charge on any atom is 0.305 e. The van der Waals surface area contributed by atoms with E-state index in [2.05, 4.69) is 60.7 Å². The van der Waals surface area contributed by atoms with E-state index in [9.17, 15) is 0 Å². The van der Waals surface area contributed by atoms with Gasteiger partial charge in [-0.2, -0.15) is 0 Å². The number of rotatable bonds is 2. The summed E-state index contributed by atoms with van der Waals surface area (Å²) in [4.78, 5) is 0. The van der Waals surface area contributed by atoms with Crippen LogP contribution >= 0.6 is 0 Å². The molecule has 0 N–H and O–H groups in total. The Kier molecular flexibility index (Phi) is 3.41. The smallest absolute Gasteiger partial charge is 0.305 e. The van der Waals surface area contributed by atoms with Gasteiger partial charge in [0.1, 0.15) is 0 Å². The van der Waals surface area contributed by atoms with Crippen molar-refractivity contribution in [3.05, 3.63) is 120 Å². The number of hydrogen-bond acceptors (Lipinski definition) is 2. The predicted octanol–water partition coefficient (Wildman–Crippen LogP) is 6.67. The lowest BCUT2D eigenvalue weighted by atomic mass is 9.97. The van der Waals surface area contributed by atoms with E-state index in [0.29, 0.717) is 0 Å². The molecule has 0 atom stereocenters. The number of fused-ring (bicyclic) bond motifs is 6. The van der Waals surface area contributed by atoms with E-state index < -0.39 is 5.79 Å². The fourth-order valence-electron chi connectivity index (χ4n) is 4.31. The number of ether oxygens (including phenoxy) is 2. The van der Waals surface area contributed by atoms with E-state index in [1.807, 2.05) is 48.5 Å². The molecule has 2 nitrogen and oxygen atoms in total. The first-order valence-corrected chi connectivity index (χ1v) is 9.79. The lowest BCUT2D eigenvalue weighted by molar-refractivity contribution is -0.0447. The van der Waals surface area contributed by atoms with Crippen LogP contribution in [0.25, 0.3) is 21.5 Å². The Morgan fingerprint density at radius 1 is 0.379 bits per heavy atom. The maximum absolute atomic E-state index is 6.77. The Labute approximate surface area is 168 Å². The topological polar surface area (TPSA) is 18.5 Å². The molecule has 0 saturated heterocycles. The number of benzene rings is 5. The third-order valence-electron chi connectivity index (χ3n) is 5.64. The first kappa shape index (κ1) is 16.2. The third-order valence-corrected chi connectivity index (χ3v) is 5.64. The molecule has 6 rings (SSSR count). The molecule has 0 unspecified atom stereocenters. The van der Waals surface area contributed by atoms with Gasteiger partial charge in [-0.3, -0.25) is 0 Å². The summed E-state index contributed by atoms with van der Waals surface area (Å²) >= 11 is 0. The zero-order chi connectivity index (χ0) is 19.3. The van der Waals surface area contributed by atoms with E-state index >= 15 is 0 Å². The van der Waals surface area contributed by atoms with Gasteiger partial charge in [-0.05, 0) is 10.8 Å². The molecule has 1 aliphatic heterocycles. The van der Waals surface area contributed by atoms with Crippen LogP contribution in [0.15, 0.2) is 109 Å². The summed E-state index contributed by atoms with van der Waals surface area (Å²) in [6.07, 6.45) is 0. The zero-order valence-electron chi connectivity index (χ0n) is 15.7. The SMILES string of the molecule is c1ccc(C2(c3ccccc3)Oc3c(c4ccccc4c4ccccc34)O2)cc1. The molecular formula is C27H18O2. The van der Waals surface area contributed by atoms with Crippen LogP contribution in [0.2, 0.25) is 0 Å². The van der Waals surface area contributed by atoms with Gasteiger partial charge in [0.15, 0.2) is 11.5 Å². The van der Waals surface area contributed by atoms with Crippen molar-refractivity contribution in [1.82, 2.24) is 0 Å². The van der Waals surface area contributed by atoms with Crippen LogP contribution in [0, 0.1) is 0 Å². The Balaban J connectivity index is 1.70. The molecule has 0 amide bonds. The van der Waals surface area contributed by atoms with Gasteiger partial charge < -0.3 is 9.47 Å². The monoisotopic (exact) mass is 374 g/mol. The minimum atomic E-state index is -1.02. The third kappa shape index (κ3) is 2.29. The summed E-state index contributed by atoms with van der Waals surface area (Å²) in [6, 6.07) is 37.1. The average molecular weight is 374 g/mol. The largest absolute Gasteiger partial charge is 0.440 e. The van der Waals surface area contributed by atoms with Crippen molar-refractivity contribution < 1.29 is 9.47 Å². The lowest BCUT2D eigenvalue weighted by Crippen LogP contribution is -2.36. The highest BCUT2D eigenvalue weighted by Crippen LogP contribution is 2.54. The number of hydrogen-bond donors (Lipinski definition) is 0. The van der Waals surface area contributed by atoms with E-state index in [4.69, 9.17) is 9.47 Å². The fourth-order valence-corrected chi connectivity index (χ4v) is 4.31. The summed E-state index contributed by atoms with van der Waals surface area (Å²) in [6.45, 7) is 0. The van der Waals surface area contributed by atoms with Gasteiger partial charge in [-0.15, -0.1) is 0 Å². The average Bonchev–Trinajstić information content (AvgIpc) is 3.23. The molecule has 0 spiro atoms. The molecular weight excluding hydrogens is 356 g/mol. The van der Waals surface area contributed by atoms with Gasteiger partial charge in [-0.1, -0.05) is 109 Å². The van der Waals surface area contributed by atoms with E-state index in [1.165, 1.54) is 10.8 Å². The van der Waals surface area contributed by atoms with Gasteiger partial charge in [-0.25, -0.2) is 0 Å². The predicted molar refractivity (Wildman–Crippen MR) is 116 cm³/mol. The summed E-state index contributed by atoms with van der Waals surface area (Å²) in [5.41, 5.74) is 1.94. The van der Waals surface area contributed by atoms with Crippen molar-refractivity contribution in [2.75, 3.05) is 0 Å². The molecule has 0 aliphatic carbocycles.